The quantitative estimate of drug-likeness (QED) is 0.677. The van der Waals surface area contributed by atoms with Crippen LogP contribution < -0.4 is 10.1 Å². The van der Waals surface area contributed by atoms with Crippen molar-refractivity contribution in [1.82, 2.24) is 0 Å². The molecule has 0 atom stereocenters. The van der Waals surface area contributed by atoms with Crippen molar-refractivity contribution < 1.29 is 4.74 Å². The van der Waals surface area contributed by atoms with Crippen molar-refractivity contribution in [1.29, 1.82) is 0 Å². The Kier molecular flexibility index (Phi) is 5.55. The summed E-state index contributed by atoms with van der Waals surface area (Å²) in [5.74, 6) is 0.853. The van der Waals surface area contributed by atoms with Crippen LogP contribution in [-0.4, -0.2) is 13.2 Å². The van der Waals surface area contributed by atoms with E-state index in [1.165, 1.54) is 0 Å². The molecule has 0 heterocycles. The Hall–Kier alpha value is -0.710. The molecule has 19 heavy (non-hydrogen) atoms. The lowest BCUT2D eigenvalue weighted by molar-refractivity contribution is 0.332. The smallest absolute Gasteiger partial charge is 0.120 e. The molecule has 0 radical (unpaired) electrons. The first kappa shape index (κ1) is 14.7. The molecule has 1 N–H and O–H groups in total. The third kappa shape index (κ3) is 4.71. The second-order valence-corrected chi connectivity index (χ2v) is 6.06. The van der Waals surface area contributed by atoms with Crippen molar-refractivity contribution in [3.05, 3.63) is 56.4 Å². The van der Waals surface area contributed by atoms with Gasteiger partial charge < -0.3 is 10.1 Å². The van der Waals surface area contributed by atoms with E-state index in [1.807, 2.05) is 42.5 Å². The van der Waals surface area contributed by atoms with Crippen LogP contribution in [0, 0.1) is 0 Å². The molecule has 2 aromatic rings. The highest BCUT2D eigenvalue weighted by molar-refractivity contribution is 9.10. The van der Waals surface area contributed by atoms with Crippen LogP contribution in [0.4, 0.5) is 5.69 Å². The summed E-state index contributed by atoms with van der Waals surface area (Å²) in [5, 5.41) is 3.99. The number of ether oxygens (including phenoxy) is 1. The van der Waals surface area contributed by atoms with E-state index in [2.05, 4.69) is 37.2 Å². The van der Waals surface area contributed by atoms with Gasteiger partial charge in [0.15, 0.2) is 0 Å². The first-order chi connectivity index (χ1) is 9.15. The lowest BCUT2D eigenvalue weighted by atomic mass is 10.3. The third-order valence-electron chi connectivity index (χ3n) is 2.41. The number of nitrogens with one attached hydrogen (secondary N) is 1. The summed E-state index contributed by atoms with van der Waals surface area (Å²) in [6.45, 7) is 1.30. The molecule has 2 rings (SSSR count). The summed E-state index contributed by atoms with van der Waals surface area (Å²) in [6, 6.07) is 13.4. The molecule has 0 saturated heterocycles. The number of hydrogen-bond acceptors (Lipinski definition) is 2. The molecule has 0 spiro atoms. The van der Waals surface area contributed by atoms with Crippen molar-refractivity contribution in [2.45, 2.75) is 0 Å². The monoisotopic (exact) mass is 403 g/mol. The van der Waals surface area contributed by atoms with Gasteiger partial charge in [-0.2, -0.15) is 0 Å². The summed E-state index contributed by atoms with van der Waals surface area (Å²) in [4.78, 5) is 0. The van der Waals surface area contributed by atoms with Gasteiger partial charge >= 0.3 is 0 Å². The fourth-order valence-corrected chi connectivity index (χ4v) is 2.75. The van der Waals surface area contributed by atoms with Gasteiger partial charge in [-0.15, -0.1) is 0 Å². The summed E-state index contributed by atoms with van der Waals surface area (Å²) in [6.07, 6.45) is 0. The van der Waals surface area contributed by atoms with Crippen molar-refractivity contribution in [2.24, 2.45) is 0 Å². The topological polar surface area (TPSA) is 21.3 Å². The van der Waals surface area contributed by atoms with Gasteiger partial charge in [-0.1, -0.05) is 33.6 Å². The van der Waals surface area contributed by atoms with Gasteiger partial charge in [0.05, 0.1) is 0 Å². The first-order valence-corrected chi connectivity index (χ1v) is 7.69. The largest absolute Gasteiger partial charge is 0.492 e. The van der Waals surface area contributed by atoms with Crippen molar-refractivity contribution in [2.75, 3.05) is 18.5 Å². The molecule has 0 aliphatic carbocycles. The molecular formula is C14H12Br2ClNO. The van der Waals surface area contributed by atoms with Crippen LogP contribution in [-0.2, 0) is 0 Å². The van der Waals surface area contributed by atoms with Crippen LogP contribution >= 0.6 is 43.5 Å². The Balaban J connectivity index is 1.81. The molecule has 5 heteroatoms. The fourth-order valence-electron chi connectivity index (χ4n) is 1.54. The predicted octanol–water partition coefficient (Wildman–Crippen LogP) is 5.36. The van der Waals surface area contributed by atoms with Gasteiger partial charge in [-0.05, 0) is 52.3 Å². The zero-order valence-electron chi connectivity index (χ0n) is 10.00. The van der Waals surface area contributed by atoms with E-state index in [0.29, 0.717) is 18.2 Å². The molecule has 0 saturated carbocycles. The first-order valence-electron chi connectivity index (χ1n) is 5.72. The molecule has 100 valence electrons. The normalized spacial score (nSPS) is 10.3. The lowest BCUT2D eigenvalue weighted by Gasteiger charge is -2.10. The van der Waals surface area contributed by atoms with Crippen molar-refractivity contribution in [3.63, 3.8) is 0 Å². The van der Waals surface area contributed by atoms with Crippen LogP contribution in [0.1, 0.15) is 0 Å². The number of benzene rings is 2. The van der Waals surface area contributed by atoms with E-state index in [4.69, 9.17) is 16.3 Å². The van der Waals surface area contributed by atoms with Crippen LogP contribution in [0.3, 0.4) is 0 Å². The Morgan fingerprint density at radius 2 is 1.95 bits per heavy atom. The van der Waals surface area contributed by atoms with Crippen LogP contribution in [0.25, 0.3) is 0 Å². The second-order valence-electron chi connectivity index (χ2n) is 3.86. The van der Waals surface area contributed by atoms with Gasteiger partial charge in [0, 0.05) is 26.2 Å². The zero-order chi connectivity index (χ0) is 13.7. The lowest BCUT2D eigenvalue weighted by Crippen LogP contribution is -2.11. The molecular weight excluding hydrogens is 393 g/mol. The molecule has 0 aromatic heterocycles. The summed E-state index contributed by atoms with van der Waals surface area (Å²) in [5.41, 5.74) is 1.00. The molecule has 2 nitrogen and oxygen atoms in total. The highest BCUT2D eigenvalue weighted by Gasteiger charge is 2.00. The van der Waals surface area contributed by atoms with Crippen LogP contribution in [0.15, 0.2) is 51.4 Å². The van der Waals surface area contributed by atoms with Gasteiger partial charge in [0.2, 0.25) is 0 Å². The van der Waals surface area contributed by atoms with Gasteiger partial charge in [-0.3, -0.25) is 0 Å². The summed E-state index contributed by atoms with van der Waals surface area (Å²) >= 11 is 12.8. The maximum absolute atomic E-state index is 5.89. The molecule has 2 aromatic carbocycles. The van der Waals surface area contributed by atoms with E-state index < -0.39 is 0 Å². The molecule has 0 aliphatic rings. The molecule has 0 amide bonds. The average Bonchev–Trinajstić information content (AvgIpc) is 2.37. The van der Waals surface area contributed by atoms with Crippen LogP contribution in [0.5, 0.6) is 5.75 Å². The maximum atomic E-state index is 5.89. The third-order valence-corrected chi connectivity index (χ3v) is 3.80. The standard InChI is InChI=1S/C14H12Br2ClNO/c15-10-2-1-3-12(8-10)19-7-6-18-14-5-4-11(17)9-13(14)16/h1-5,8-9,18H,6-7H2. The SMILES string of the molecule is Clc1ccc(NCCOc2cccc(Br)c2)c(Br)c1. The number of anilines is 1. The van der Waals surface area contributed by atoms with E-state index >= 15 is 0 Å². The van der Waals surface area contributed by atoms with Crippen LogP contribution in [0.2, 0.25) is 5.02 Å². The molecule has 0 unspecified atom stereocenters. The number of hydrogen-bond donors (Lipinski definition) is 1. The summed E-state index contributed by atoms with van der Waals surface area (Å²) < 4.78 is 7.60. The van der Waals surface area contributed by atoms with Gasteiger partial charge in [0.25, 0.3) is 0 Å². The van der Waals surface area contributed by atoms with E-state index in [0.717, 1.165) is 20.4 Å². The molecule has 0 bridgehead atoms. The fraction of sp³-hybridized carbons (Fsp3) is 0.143. The highest BCUT2D eigenvalue weighted by atomic mass is 79.9. The highest BCUT2D eigenvalue weighted by Crippen LogP contribution is 2.25. The second kappa shape index (κ2) is 7.17. The Morgan fingerprint density at radius 1 is 1.11 bits per heavy atom. The summed E-state index contributed by atoms with van der Waals surface area (Å²) in [7, 11) is 0. The van der Waals surface area contributed by atoms with Gasteiger partial charge in [-0.25, -0.2) is 0 Å². The van der Waals surface area contributed by atoms with E-state index in [1.54, 1.807) is 0 Å². The molecule has 0 aliphatic heterocycles. The van der Waals surface area contributed by atoms with E-state index in [9.17, 15) is 0 Å². The van der Waals surface area contributed by atoms with E-state index in [-0.39, 0.29) is 0 Å². The average molecular weight is 406 g/mol. The maximum Gasteiger partial charge on any atom is 0.120 e. The minimum absolute atomic E-state index is 0.589. The number of rotatable bonds is 5. The Labute approximate surface area is 134 Å². The zero-order valence-corrected chi connectivity index (χ0v) is 13.9. The minimum atomic E-state index is 0.589. The Morgan fingerprint density at radius 3 is 2.68 bits per heavy atom. The Bertz CT molecular complexity index is 563. The van der Waals surface area contributed by atoms with Gasteiger partial charge in [0.1, 0.15) is 12.4 Å². The molecule has 0 fully saturated rings. The predicted molar refractivity (Wildman–Crippen MR) is 87.3 cm³/mol. The van der Waals surface area contributed by atoms with Crippen molar-refractivity contribution in [3.8, 4) is 5.75 Å². The van der Waals surface area contributed by atoms with Crippen molar-refractivity contribution >= 4 is 49.1 Å². The minimum Gasteiger partial charge on any atom is -0.492 e. The number of halogens is 3.